The number of nitrogens with zero attached hydrogens (tertiary/aromatic N) is 5. The molecule has 3 aromatic rings. The summed E-state index contributed by atoms with van der Waals surface area (Å²) in [6, 6.07) is 5.25. The molecule has 0 bridgehead atoms. The third-order valence-corrected chi connectivity index (χ3v) is 7.58. The molecule has 2 heterocycles. The summed E-state index contributed by atoms with van der Waals surface area (Å²) in [6.07, 6.45) is 3.67. The molecule has 196 valence electrons. The fourth-order valence-corrected chi connectivity index (χ4v) is 4.75. The van der Waals surface area contributed by atoms with Gasteiger partial charge in [-0.3, -0.25) is 9.29 Å². The maximum Gasteiger partial charge on any atom is 0.243 e. The Morgan fingerprint density at radius 2 is 1.69 bits per heavy atom. The molecule has 2 aromatic heterocycles. The van der Waals surface area contributed by atoms with E-state index in [1.54, 1.807) is 49.0 Å². The molecule has 13 heteroatoms. The summed E-state index contributed by atoms with van der Waals surface area (Å²) < 4.78 is 47.7. The van der Waals surface area contributed by atoms with Crippen LogP contribution < -0.4 is 19.9 Å². The maximum absolute atomic E-state index is 13.4. The Morgan fingerprint density at radius 1 is 1.06 bits per heavy atom. The van der Waals surface area contributed by atoms with E-state index in [2.05, 4.69) is 24.9 Å². The van der Waals surface area contributed by atoms with Crippen LogP contribution >= 0.6 is 0 Å². The predicted molar refractivity (Wildman–Crippen MR) is 135 cm³/mol. The molecule has 0 radical (unpaired) electrons. The van der Waals surface area contributed by atoms with E-state index in [0.717, 1.165) is 5.56 Å². The van der Waals surface area contributed by atoms with E-state index < -0.39 is 21.2 Å². The molecule has 1 aromatic carbocycles. The van der Waals surface area contributed by atoms with Crippen molar-refractivity contribution in [2.45, 2.75) is 38.4 Å². The maximum atomic E-state index is 13.4. The molecule has 12 nitrogen and oxygen atoms in total. The van der Waals surface area contributed by atoms with E-state index >= 15 is 0 Å². The van der Waals surface area contributed by atoms with Crippen LogP contribution in [0, 0.1) is 6.92 Å². The molecule has 0 fully saturated rings. The second kappa shape index (κ2) is 12.1. The summed E-state index contributed by atoms with van der Waals surface area (Å²) in [5.41, 5.74) is 6.85. The molecule has 0 aliphatic carbocycles. The number of anilines is 1. The fraction of sp³-hybridized carbons (Fsp3) is 0.478. The summed E-state index contributed by atoms with van der Waals surface area (Å²) >= 11 is 0. The van der Waals surface area contributed by atoms with Crippen LogP contribution in [-0.2, 0) is 21.2 Å². The number of aromatic nitrogens is 5. The van der Waals surface area contributed by atoms with Crippen LogP contribution in [0.4, 0.5) is 5.95 Å². The Bertz CT molecular complexity index is 1230. The first-order valence-corrected chi connectivity index (χ1v) is 13.0. The summed E-state index contributed by atoms with van der Waals surface area (Å²) in [6.45, 7) is 6.33. The number of rotatable bonds is 13. The molecule has 0 aliphatic rings. The Balaban J connectivity index is 2.01. The Morgan fingerprint density at radius 3 is 2.28 bits per heavy atom. The first kappa shape index (κ1) is 27.3. The van der Waals surface area contributed by atoms with Gasteiger partial charge in [0, 0.05) is 31.3 Å². The lowest BCUT2D eigenvalue weighted by atomic mass is 10.1. The normalized spacial score (nSPS) is 13.3. The van der Waals surface area contributed by atoms with E-state index in [1.807, 2.05) is 6.92 Å². The number of benzene rings is 1. The van der Waals surface area contributed by atoms with Gasteiger partial charge in [-0.25, -0.2) is 18.4 Å². The zero-order valence-corrected chi connectivity index (χ0v) is 21.9. The minimum Gasteiger partial charge on any atom is -0.494 e. The van der Waals surface area contributed by atoms with E-state index in [1.165, 1.54) is 14.2 Å². The van der Waals surface area contributed by atoms with Crippen molar-refractivity contribution < 1.29 is 22.6 Å². The lowest BCUT2D eigenvalue weighted by molar-refractivity contribution is 0.143. The highest BCUT2D eigenvalue weighted by atomic mass is 32.2. The van der Waals surface area contributed by atoms with E-state index in [9.17, 15) is 8.42 Å². The molecule has 3 rings (SSSR count). The average Bonchev–Trinajstić information content (AvgIpc) is 3.26. The molecule has 0 aliphatic heterocycles. The number of nitrogens with two attached hydrogens (primary N) is 1. The van der Waals surface area contributed by atoms with E-state index in [0.29, 0.717) is 55.0 Å². The summed E-state index contributed by atoms with van der Waals surface area (Å²) in [7, 11) is -0.908. The minimum atomic E-state index is -3.94. The van der Waals surface area contributed by atoms with Gasteiger partial charge in [-0.05, 0) is 31.5 Å². The number of hydrogen-bond acceptors (Lipinski definition) is 10. The van der Waals surface area contributed by atoms with Crippen LogP contribution in [0.1, 0.15) is 37.0 Å². The Hall–Kier alpha value is -3.29. The second-order valence-electron chi connectivity index (χ2n) is 8.20. The molecule has 3 N–H and O–H groups in total. The number of hydrogen-bond donors (Lipinski definition) is 2. The van der Waals surface area contributed by atoms with Crippen molar-refractivity contribution in [1.29, 1.82) is 0 Å². The van der Waals surface area contributed by atoms with Gasteiger partial charge in [-0.15, -0.1) is 10.2 Å². The Kier molecular flexibility index (Phi) is 9.18. The largest absolute Gasteiger partial charge is 0.494 e. The van der Waals surface area contributed by atoms with E-state index in [4.69, 9.17) is 19.9 Å². The number of nitrogens with one attached hydrogen (secondary N) is 1. The summed E-state index contributed by atoms with van der Waals surface area (Å²) in [5.74, 6) is 1.31. The standard InChI is InChI=1S/C23H33N7O5S/c1-15-13-25-22(26-14-15)16(2)17(3)36(31,32)29-23-28-27-20(9-11-35-12-10-24)30(23)21-18(33-4)7-6-8-19(21)34-5/h6-8,13-14,16-17H,9-12,24H2,1-5H3,(H,28,29)/t16-,17-/m0/s1. The fourth-order valence-electron chi connectivity index (χ4n) is 3.52. The predicted octanol–water partition coefficient (Wildman–Crippen LogP) is 1.83. The van der Waals surface area contributed by atoms with Crippen LogP contribution in [0.5, 0.6) is 11.5 Å². The first-order valence-electron chi connectivity index (χ1n) is 11.5. The second-order valence-corrected chi connectivity index (χ2v) is 10.2. The lowest BCUT2D eigenvalue weighted by Crippen LogP contribution is -2.31. The first-order chi connectivity index (χ1) is 17.2. The average molecular weight is 520 g/mol. The van der Waals surface area contributed by atoms with Crippen molar-refractivity contribution in [3.8, 4) is 17.2 Å². The van der Waals surface area contributed by atoms with Gasteiger partial charge < -0.3 is 19.9 Å². The van der Waals surface area contributed by atoms with Crippen molar-refractivity contribution in [2.24, 2.45) is 5.73 Å². The van der Waals surface area contributed by atoms with Crippen molar-refractivity contribution in [3.05, 3.63) is 47.8 Å². The van der Waals surface area contributed by atoms with Crippen LogP contribution in [0.15, 0.2) is 30.6 Å². The van der Waals surface area contributed by atoms with Crippen molar-refractivity contribution >= 4 is 16.0 Å². The summed E-state index contributed by atoms with van der Waals surface area (Å²) in [4.78, 5) is 8.58. The van der Waals surface area contributed by atoms with Crippen molar-refractivity contribution in [3.63, 3.8) is 0 Å². The van der Waals surface area contributed by atoms with Gasteiger partial charge >= 0.3 is 0 Å². The van der Waals surface area contributed by atoms with Gasteiger partial charge in [0.05, 0.1) is 32.7 Å². The molecule has 0 spiro atoms. The molecule has 36 heavy (non-hydrogen) atoms. The number of ether oxygens (including phenoxy) is 3. The topological polar surface area (TPSA) is 156 Å². The molecule has 0 saturated heterocycles. The summed E-state index contributed by atoms with van der Waals surface area (Å²) in [5, 5.41) is 7.52. The lowest BCUT2D eigenvalue weighted by Gasteiger charge is -2.21. The quantitative estimate of drug-likeness (QED) is 0.319. The van der Waals surface area contributed by atoms with Crippen LogP contribution in [-0.4, -0.2) is 72.4 Å². The van der Waals surface area contributed by atoms with Crippen molar-refractivity contribution in [1.82, 2.24) is 24.7 Å². The smallest absolute Gasteiger partial charge is 0.243 e. The van der Waals surface area contributed by atoms with Gasteiger partial charge in [0.15, 0.2) is 0 Å². The van der Waals surface area contributed by atoms with Gasteiger partial charge in [-0.1, -0.05) is 13.0 Å². The van der Waals surface area contributed by atoms with Crippen molar-refractivity contribution in [2.75, 3.05) is 38.7 Å². The molecule has 0 amide bonds. The Labute approximate surface area is 211 Å². The molecular formula is C23H33N7O5S. The van der Waals surface area contributed by atoms with Gasteiger partial charge in [0.1, 0.15) is 28.8 Å². The number of methoxy groups -OCH3 is 2. The molecule has 2 atom stereocenters. The number of aryl methyl sites for hydroxylation is 1. The minimum absolute atomic E-state index is 0.00417. The SMILES string of the molecule is COc1cccc(OC)c1-n1c(CCOCCN)nnc1NS(=O)(=O)[C@@H](C)[C@H](C)c1ncc(C)cn1. The van der Waals surface area contributed by atoms with Gasteiger partial charge in [0.25, 0.3) is 0 Å². The third-order valence-electron chi connectivity index (χ3n) is 5.72. The monoisotopic (exact) mass is 519 g/mol. The number of para-hydroxylation sites is 1. The highest BCUT2D eigenvalue weighted by Crippen LogP contribution is 2.35. The zero-order valence-electron chi connectivity index (χ0n) is 21.1. The molecule has 0 saturated carbocycles. The molecular weight excluding hydrogens is 486 g/mol. The molecule has 0 unspecified atom stereocenters. The van der Waals surface area contributed by atoms with E-state index in [-0.39, 0.29) is 5.95 Å². The van der Waals surface area contributed by atoms with Crippen LogP contribution in [0.2, 0.25) is 0 Å². The highest BCUT2D eigenvalue weighted by molar-refractivity contribution is 7.93. The van der Waals surface area contributed by atoms with Gasteiger partial charge in [-0.2, -0.15) is 0 Å². The third kappa shape index (κ3) is 6.09. The number of sulfonamides is 1. The van der Waals surface area contributed by atoms with Crippen LogP contribution in [0.3, 0.4) is 0 Å². The zero-order chi connectivity index (χ0) is 26.3. The highest BCUT2D eigenvalue weighted by Gasteiger charge is 2.32. The van der Waals surface area contributed by atoms with Gasteiger partial charge in [0.2, 0.25) is 16.0 Å². The van der Waals surface area contributed by atoms with Crippen LogP contribution in [0.25, 0.3) is 5.69 Å².